The maximum atomic E-state index is 11.7. The van der Waals surface area contributed by atoms with Crippen molar-refractivity contribution in [2.75, 3.05) is 26.2 Å². The third kappa shape index (κ3) is 6.54. The lowest BCUT2D eigenvalue weighted by Gasteiger charge is -2.21. The van der Waals surface area contributed by atoms with Crippen LogP contribution in [0, 0.1) is 5.92 Å². The van der Waals surface area contributed by atoms with Crippen molar-refractivity contribution >= 4 is 11.9 Å². The van der Waals surface area contributed by atoms with E-state index in [1.54, 1.807) is 0 Å². The number of hydrogen-bond acceptors (Lipinski definition) is 4. The highest BCUT2D eigenvalue weighted by Gasteiger charge is 2.17. The van der Waals surface area contributed by atoms with Crippen molar-refractivity contribution in [1.82, 2.24) is 10.2 Å². The number of nitrogens with zero attached hydrogens (tertiary/aromatic N) is 1. The number of nitrogens with two attached hydrogens (primary N) is 1. The van der Waals surface area contributed by atoms with Crippen molar-refractivity contribution in [3.05, 3.63) is 0 Å². The summed E-state index contributed by atoms with van der Waals surface area (Å²) in [4.78, 5) is 24.5. The molecule has 1 aliphatic rings. The van der Waals surface area contributed by atoms with E-state index in [0.29, 0.717) is 12.5 Å². The van der Waals surface area contributed by atoms with Gasteiger partial charge in [0.25, 0.3) is 0 Å². The third-order valence-corrected chi connectivity index (χ3v) is 3.40. The Morgan fingerprint density at radius 1 is 1.37 bits per heavy atom. The first kappa shape index (κ1) is 15.9. The van der Waals surface area contributed by atoms with Crippen molar-refractivity contribution in [3.8, 4) is 0 Å². The van der Waals surface area contributed by atoms with Crippen LogP contribution in [0.1, 0.15) is 32.6 Å². The molecule has 0 aliphatic carbocycles. The molecule has 1 fully saturated rings. The number of carbonyl (C=O) groups excluding carboxylic acids is 1. The van der Waals surface area contributed by atoms with Crippen LogP contribution < -0.4 is 11.1 Å². The van der Waals surface area contributed by atoms with Gasteiger partial charge in [-0.3, -0.25) is 9.59 Å². The molecule has 1 rings (SSSR count). The molecule has 19 heavy (non-hydrogen) atoms. The van der Waals surface area contributed by atoms with E-state index in [1.165, 1.54) is 12.8 Å². The Morgan fingerprint density at radius 3 is 2.58 bits per heavy atom. The fourth-order valence-electron chi connectivity index (χ4n) is 2.29. The van der Waals surface area contributed by atoms with Gasteiger partial charge >= 0.3 is 5.97 Å². The molecule has 0 spiro atoms. The standard InChI is InChI=1S/C13H25N3O3/c1-10(9-16-6-2-3-7-16)8-15-13(19)11(14)4-5-12(17)18/h10-11H,2-9,14H2,1H3,(H,15,19)(H,17,18). The van der Waals surface area contributed by atoms with Gasteiger partial charge in [-0.25, -0.2) is 0 Å². The summed E-state index contributed by atoms with van der Waals surface area (Å²) in [6.45, 7) is 5.98. The predicted molar refractivity (Wildman–Crippen MR) is 72.7 cm³/mol. The monoisotopic (exact) mass is 271 g/mol. The predicted octanol–water partition coefficient (Wildman–Crippen LogP) is 0.0266. The van der Waals surface area contributed by atoms with E-state index < -0.39 is 12.0 Å². The lowest BCUT2D eigenvalue weighted by molar-refractivity contribution is -0.137. The number of likely N-dealkylation sites (tertiary alicyclic amines) is 1. The SMILES string of the molecule is CC(CNC(=O)C(N)CCC(=O)O)CN1CCCC1. The summed E-state index contributed by atoms with van der Waals surface area (Å²) in [6, 6.07) is -0.727. The molecular weight excluding hydrogens is 246 g/mol. The number of carboxylic acid groups (broad SMARTS) is 1. The molecule has 2 atom stereocenters. The van der Waals surface area contributed by atoms with Crippen molar-refractivity contribution in [2.45, 2.75) is 38.6 Å². The maximum absolute atomic E-state index is 11.7. The molecule has 6 nitrogen and oxygen atoms in total. The average molecular weight is 271 g/mol. The molecule has 0 saturated carbocycles. The van der Waals surface area contributed by atoms with Crippen LogP contribution in [0.15, 0.2) is 0 Å². The van der Waals surface area contributed by atoms with Crippen LogP contribution in [0.2, 0.25) is 0 Å². The molecule has 0 radical (unpaired) electrons. The number of rotatable bonds is 8. The molecule has 0 bridgehead atoms. The second-order valence-corrected chi connectivity index (χ2v) is 5.40. The summed E-state index contributed by atoms with van der Waals surface area (Å²) in [5.74, 6) is -0.797. The van der Waals surface area contributed by atoms with Gasteiger partial charge in [0.2, 0.25) is 5.91 Å². The zero-order chi connectivity index (χ0) is 14.3. The number of hydrogen-bond donors (Lipinski definition) is 3. The van der Waals surface area contributed by atoms with E-state index >= 15 is 0 Å². The first-order valence-electron chi connectivity index (χ1n) is 6.96. The van der Waals surface area contributed by atoms with E-state index in [2.05, 4.69) is 17.1 Å². The number of amides is 1. The van der Waals surface area contributed by atoms with E-state index in [4.69, 9.17) is 10.8 Å². The van der Waals surface area contributed by atoms with Crippen molar-refractivity contribution in [3.63, 3.8) is 0 Å². The minimum atomic E-state index is -0.925. The molecular formula is C13H25N3O3. The first-order valence-corrected chi connectivity index (χ1v) is 6.96. The Bertz CT molecular complexity index is 304. The maximum Gasteiger partial charge on any atom is 0.303 e. The zero-order valence-electron chi connectivity index (χ0n) is 11.6. The molecule has 6 heteroatoms. The molecule has 1 heterocycles. The largest absolute Gasteiger partial charge is 0.481 e. The van der Waals surface area contributed by atoms with Crippen molar-refractivity contribution in [1.29, 1.82) is 0 Å². The Morgan fingerprint density at radius 2 is 2.00 bits per heavy atom. The number of carbonyl (C=O) groups is 2. The van der Waals surface area contributed by atoms with Crippen LogP contribution in [0.4, 0.5) is 0 Å². The van der Waals surface area contributed by atoms with E-state index in [9.17, 15) is 9.59 Å². The lowest BCUT2D eigenvalue weighted by Crippen LogP contribution is -2.43. The van der Waals surface area contributed by atoms with Crippen molar-refractivity contribution < 1.29 is 14.7 Å². The Hall–Kier alpha value is -1.14. The second-order valence-electron chi connectivity index (χ2n) is 5.40. The van der Waals surface area contributed by atoms with Gasteiger partial charge in [-0.2, -0.15) is 0 Å². The van der Waals surface area contributed by atoms with Gasteiger partial charge in [0.1, 0.15) is 0 Å². The van der Waals surface area contributed by atoms with E-state index in [-0.39, 0.29) is 18.7 Å². The fourth-order valence-corrected chi connectivity index (χ4v) is 2.29. The normalized spacial score (nSPS) is 19.1. The minimum Gasteiger partial charge on any atom is -0.481 e. The zero-order valence-corrected chi connectivity index (χ0v) is 11.6. The molecule has 4 N–H and O–H groups in total. The quantitative estimate of drug-likeness (QED) is 0.579. The van der Waals surface area contributed by atoms with Crippen LogP contribution in [0.25, 0.3) is 0 Å². The minimum absolute atomic E-state index is 0.0715. The van der Waals surface area contributed by atoms with Crippen LogP contribution in [0.3, 0.4) is 0 Å². The molecule has 110 valence electrons. The van der Waals surface area contributed by atoms with Gasteiger partial charge in [0.15, 0.2) is 0 Å². The number of carboxylic acids is 1. The number of nitrogens with one attached hydrogen (secondary N) is 1. The Labute approximate surface area is 114 Å². The van der Waals surface area contributed by atoms with Crippen LogP contribution >= 0.6 is 0 Å². The molecule has 0 aromatic carbocycles. The highest BCUT2D eigenvalue weighted by molar-refractivity contribution is 5.82. The van der Waals surface area contributed by atoms with Crippen LogP contribution in [-0.4, -0.2) is 54.1 Å². The molecule has 1 aliphatic heterocycles. The summed E-state index contributed by atoms with van der Waals surface area (Å²) in [5, 5.41) is 11.3. The van der Waals surface area contributed by atoms with E-state index in [0.717, 1.165) is 19.6 Å². The summed E-state index contributed by atoms with van der Waals surface area (Å²) in [5.41, 5.74) is 5.63. The van der Waals surface area contributed by atoms with Gasteiger partial charge in [0.05, 0.1) is 6.04 Å². The summed E-state index contributed by atoms with van der Waals surface area (Å²) >= 11 is 0. The Balaban J connectivity index is 2.15. The second kappa shape index (κ2) is 8.12. The highest BCUT2D eigenvalue weighted by atomic mass is 16.4. The van der Waals surface area contributed by atoms with Gasteiger partial charge in [0, 0.05) is 19.5 Å². The van der Waals surface area contributed by atoms with E-state index in [1.807, 2.05) is 0 Å². The molecule has 0 aromatic heterocycles. The average Bonchev–Trinajstić information content (AvgIpc) is 2.85. The molecule has 2 unspecified atom stereocenters. The van der Waals surface area contributed by atoms with Gasteiger partial charge in [-0.1, -0.05) is 6.92 Å². The fraction of sp³-hybridized carbons (Fsp3) is 0.846. The summed E-state index contributed by atoms with van der Waals surface area (Å²) in [7, 11) is 0. The van der Waals surface area contributed by atoms with Gasteiger partial charge < -0.3 is 21.1 Å². The van der Waals surface area contributed by atoms with Crippen LogP contribution in [-0.2, 0) is 9.59 Å². The van der Waals surface area contributed by atoms with Crippen molar-refractivity contribution in [2.24, 2.45) is 11.7 Å². The topological polar surface area (TPSA) is 95.7 Å². The molecule has 1 saturated heterocycles. The first-order chi connectivity index (χ1) is 8.99. The summed E-state index contributed by atoms with van der Waals surface area (Å²) in [6.07, 6.45) is 2.64. The third-order valence-electron chi connectivity index (χ3n) is 3.40. The van der Waals surface area contributed by atoms with Crippen LogP contribution in [0.5, 0.6) is 0 Å². The smallest absolute Gasteiger partial charge is 0.303 e. The molecule has 1 amide bonds. The highest BCUT2D eigenvalue weighted by Crippen LogP contribution is 2.09. The lowest BCUT2D eigenvalue weighted by atomic mass is 10.1. The van der Waals surface area contributed by atoms with Gasteiger partial charge in [-0.15, -0.1) is 0 Å². The summed E-state index contributed by atoms with van der Waals surface area (Å²) < 4.78 is 0. The molecule has 0 aromatic rings. The number of aliphatic carboxylic acids is 1. The van der Waals surface area contributed by atoms with Gasteiger partial charge in [-0.05, 0) is 38.3 Å². The Kier molecular flexibility index (Phi) is 6.80.